The molecule has 1 N–H and O–H groups in total. The van der Waals surface area contributed by atoms with E-state index in [0.29, 0.717) is 44.9 Å². The number of nitrogens with one attached hydrogen (secondary N) is 1. The van der Waals surface area contributed by atoms with Crippen molar-refractivity contribution in [3.05, 3.63) is 29.8 Å². The van der Waals surface area contributed by atoms with Crippen LogP contribution in [0.5, 0.6) is 5.75 Å². The van der Waals surface area contributed by atoms with Gasteiger partial charge in [-0.25, -0.2) is 0 Å². The molecule has 7 heteroatoms. The number of hydrogen-bond donors (Lipinski definition) is 1. The van der Waals surface area contributed by atoms with E-state index in [-0.39, 0.29) is 23.8 Å². The Kier molecular flexibility index (Phi) is 7.87. The second kappa shape index (κ2) is 10.1. The van der Waals surface area contributed by atoms with Crippen molar-refractivity contribution < 1.29 is 23.8 Å². The largest absolute Gasteiger partial charge is 0.496 e. The number of amides is 2. The normalized spacial score (nSPS) is 20.1. The summed E-state index contributed by atoms with van der Waals surface area (Å²) in [4.78, 5) is 27.1. The van der Waals surface area contributed by atoms with Crippen molar-refractivity contribution >= 4 is 11.8 Å². The summed E-state index contributed by atoms with van der Waals surface area (Å²) in [6.45, 7) is 1.73. The molecule has 144 valence electrons. The third kappa shape index (κ3) is 4.74. The zero-order chi connectivity index (χ0) is 18.9. The van der Waals surface area contributed by atoms with Crippen LogP contribution in [0.3, 0.4) is 0 Å². The van der Waals surface area contributed by atoms with Gasteiger partial charge in [0.15, 0.2) is 0 Å². The summed E-state index contributed by atoms with van der Waals surface area (Å²) in [6, 6.07) is 7.15. The van der Waals surface area contributed by atoms with Crippen LogP contribution in [-0.4, -0.2) is 64.3 Å². The highest BCUT2D eigenvalue weighted by molar-refractivity contribution is 5.85. The maximum atomic E-state index is 12.8. The average Bonchev–Trinajstić information content (AvgIpc) is 2.66. The number of methoxy groups -OCH3 is 3. The predicted molar refractivity (Wildman–Crippen MR) is 96.9 cm³/mol. The molecule has 1 aliphatic rings. The molecule has 1 fully saturated rings. The summed E-state index contributed by atoms with van der Waals surface area (Å²) in [5.41, 5.74) is 0.839. The van der Waals surface area contributed by atoms with Crippen LogP contribution in [0.4, 0.5) is 0 Å². The molecule has 0 aromatic heterocycles. The first kappa shape index (κ1) is 20.2. The molecule has 0 spiro atoms. The lowest BCUT2D eigenvalue weighted by molar-refractivity contribution is -0.144. The van der Waals surface area contributed by atoms with E-state index in [4.69, 9.17) is 14.2 Å². The van der Waals surface area contributed by atoms with E-state index in [0.717, 1.165) is 5.56 Å². The Morgan fingerprint density at radius 2 is 1.92 bits per heavy atom. The number of piperidine rings is 1. The van der Waals surface area contributed by atoms with Gasteiger partial charge in [-0.1, -0.05) is 18.2 Å². The van der Waals surface area contributed by atoms with Crippen molar-refractivity contribution in [3.63, 3.8) is 0 Å². The van der Waals surface area contributed by atoms with Crippen molar-refractivity contribution in [2.45, 2.75) is 18.9 Å². The summed E-state index contributed by atoms with van der Waals surface area (Å²) < 4.78 is 15.7. The number of carbonyl (C=O) groups is 2. The first-order valence-electron chi connectivity index (χ1n) is 8.82. The number of carbonyl (C=O) groups excluding carboxylic acids is 2. The lowest BCUT2D eigenvalue weighted by Crippen LogP contribution is -2.49. The fourth-order valence-corrected chi connectivity index (χ4v) is 3.38. The topological polar surface area (TPSA) is 77.1 Å². The van der Waals surface area contributed by atoms with Gasteiger partial charge in [-0.2, -0.15) is 0 Å². The summed E-state index contributed by atoms with van der Waals surface area (Å²) in [5, 5.41) is 2.91. The van der Waals surface area contributed by atoms with Gasteiger partial charge in [-0.3, -0.25) is 9.59 Å². The zero-order valence-electron chi connectivity index (χ0n) is 15.7. The van der Waals surface area contributed by atoms with Gasteiger partial charge in [0.1, 0.15) is 5.75 Å². The van der Waals surface area contributed by atoms with E-state index < -0.39 is 0 Å². The fourth-order valence-electron chi connectivity index (χ4n) is 3.38. The Labute approximate surface area is 154 Å². The fraction of sp³-hybridized carbons (Fsp3) is 0.579. The first-order valence-corrected chi connectivity index (χ1v) is 8.82. The quantitative estimate of drug-likeness (QED) is 0.670. The third-order valence-corrected chi connectivity index (χ3v) is 4.64. The minimum Gasteiger partial charge on any atom is -0.496 e. The van der Waals surface area contributed by atoms with E-state index in [2.05, 4.69) is 5.32 Å². The van der Waals surface area contributed by atoms with Crippen molar-refractivity contribution in [2.24, 2.45) is 5.92 Å². The molecule has 1 aromatic carbocycles. The van der Waals surface area contributed by atoms with Crippen LogP contribution in [0.25, 0.3) is 0 Å². The molecule has 1 heterocycles. The van der Waals surface area contributed by atoms with Gasteiger partial charge in [-0.15, -0.1) is 0 Å². The lowest BCUT2D eigenvalue weighted by Gasteiger charge is -2.41. The molecule has 7 nitrogen and oxygen atoms in total. The molecule has 0 saturated carbocycles. The third-order valence-electron chi connectivity index (χ3n) is 4.64. The minimum atomic E-state index is -0.384. The maximum Gasteiger partial charge on any atom is 0.225 e. The van der Waals surface area contributed by atoms with E-state index in [9.17, 15) is 9.59 Å². The number of hydrogen-bond acceptors (Lipinski definition) is 5. The highest BCUT2D eigenvalue weighted by atomic mass is 16.5. The zero-order valence-corrected chi connectivity index (χ0v) is 15.7. The maximum absolute atomic E-state index is 12.8. The van der Waals surface area contributed by atoms with Gasteiger partial charge in [-0.05, 0) is 12.5 Å². The standard InChI is InChI=1S/C19H28N2O5/c1-24-12-10-20-19(23)15-8-9-17(22)21(11-13-25-2)18(15)14-6-4-5-7-16(14)26-3/h4-7,15,18H,8-13H2,1-3H3,(H,20,23)/t15-,18+/m1/s1. The summed E-state index contributed by atoms with van der Waals surface area (Å²) >= 11 is 0. The molecule has 26 heavy (non-hydrogen) atoms. The molecule has 0 aliphatic carbocycles. The Hall–Kier alpha value is -2.12. The smallest absolute Gasteiger partial charge is 0.225 e. The number of rotatable bonds is 9. The molecule has 2 atom stereocenters. The summed E-state index contributed by atoms with van der Waals surface area (Å²) in [7, 11) is 4.79. The van der Waals surface area contributed by atoms with Gasteiger partial charge in [0.05, 0.1) is 32.3 Å². The molecule has 0 bridgehead atoms. The summed E-state index contributed by atoms with van der Waals surface area (Å²) in [5.74, 6) is 0.272. The van der Waals surface area contributed by atoms with Gasteiger partial charge in [0, 0.05) is 39.3 Å². The van der Waals surface area contributed by atoms with Crippen LogP contribution in [0, 0.1) is 5.92 Å². The number of benzene rings is 1. The highest BCUT2D eigenvalue weighted by Gasteiger charge is 2.41. The van der Waals surface area contributed by atoms with E-state index >= 15 is 0 Å². The molecule has 1 aliphatic heterocycles. The van der Waals surface area contributed by atoms with Crippen LogP contribution in [0.1, 0.15) is 24.4 Å². The molecule has 0 radical (unpaired) electrons. The Morgan fingerprint density at radius 1 is 1.19 bits per heavy atom. The van der Waals surface area contributed by atoms with Gasteiger partial charge in [0.2, 0.25) is 11.8 Å². The monoisotopic (exact) mass is 364 g/mol. The van der Waals surface area contributed by atoms with Crippen LogP contribution in [-0.2, 0) is 19.1 Å². The second-order valence-corrected chi connectivity index (χ2v) is 6.20. The van der Waals surface area contributed by atoms with Gasteiger partial charge < -0.3 is 24.4 Å². The molecular formula is C19H28N2O5. The van der Waals surface area contributed by atoms with Crippen molar-refractivity contribution in [3.8, 4) is 5.75 Å². The number of ether oxygens (including phenoxy) is 3. The van der Waals surface area contributed by atoms with Crippen molar-refractivity contribution in [2.75, 3.05) is 47.6 Å². The van der Waals surface area contributed by atoms with Gasteiger partial charge >= 0.3 is 0 Å². The van der Waals surface area contributed by atoms with Crippen LogP contribution in [0.15, 0.2) is 24.3 Å². The first-order chi connectivity index (χ1) is 12.6. The van der Waals surface area contributed by atoms with E-state index in [1.54, 1.807) is 26.2 Å². The van der Waals surface area contributed by atoms with E-state index in [1.165, 1.54) is 0 Å². The lowest BCUT2D eigenvalue weighted by atomic mass is 9.83. The molecule has 2 amide bonds. The Morgan fingerprint density at radius 3 is 2.62 bits per heavy atom. The minimum absolute atomic E-state index is 0.0268. The van der Waals surface area contributed by atoms with E-state index in [1.807, 2.05) is 24.3 Å². The molecular weight excluding hydrogens is 336 g/mol. The number of likely N-dealkylation sites (tertiary alicyclic amines) is 1. The molecule has 0 unspecified atom stereocenters. The molecule has 1 aromatic rings. The van der Waals surface area contributed by atoms with Crippen LogP contribution < -0.4 is 10.1 Å². The SMILES string of the molecule is COCCNC(=O)[C@@H]1CCC(=O)N(CCOC)[C@H]1c1ccccc1OC. The van der Waals surface area contributed by atoms with Crippen molar-refractivity contribution in [1.82, 2.24) is 10.2 Å². The Balaban J connectivity index is 2.35. The average molecular weight is 364 g/mol. The van der Waals surface area contributed by atoms with Gasteiger partial charge in [0.25, 0.3) is 0 Å². The summed E-state index contributed by atoms with van der Waals surface area (Å²) in [6.07, 6.45) is 0.849. The second-order valence-electron chi connectivity index (χ2n) is 6.20. The molecule has 1 saturated heterocycles. The van der Waals surface area contributed by atoms with Crippen molar-refractivity contribution in [1.29, 1.82) is 0 Å². The predicted octanol–water partition coefficient (Wildman–Crippen LogP) is 1.38. The number of para-hydroxylation sites is 1. The Bertz CT molecular complexity index is 607. The van der Waals surface area contributed by atoms with Crippen LogP contribution >= 0.6 is 0 Å². The van der Waals surface area contributed by atoms with Crippen LogP contribution in [0.2, 0.25) is 0 Å². The number of nitrogens with zero attached hydrogens (tertiary/aromatic N) is 1. The molecule has 2 rings (SSSR count). The highest BCUT2D eigenvalue weighted by Crippen LogP contribution is 2.40.